The summed E-state index contributed by atoms with van der Waals surface area (Å²) in [6.07, 6.45) is 0. The van der Waals surface area contributed by atoms with Gasteiger partial charge in [-0.3, -0.25) is 0 Å². The second-order valence-corrected chi connectivity index (χ2v) is 4.90. The zero-order valence-corrected chi connectivity index (χ0v) is 9.00. The third-order valence-electron chi connectivity index (χ3n) is 1.87. The molecule has 0 atom stereocenters. The van der Waals surface area contributed by atoms with Gasteiger partial charge in [-0.25, -0.2) is 13.6 Å². The average Bonchev–Trinajstić information content (AvgIpc) is 1.94. The summed E-state index contributed by atoms with van der Waals surface area (Å²) in [6.45, 7) is 3.69. The molecule has 0 unspecified atom stereocenters. The van der Waals surface area contributed by atoms with Crippen LogP contribution in [0.25, 0.3) is 0 Å². The van der Waals surface area contributed by atoms with Gasteiger partial charge in [0.2, 0.25) is 10.0 Å². The van der Waals surface area contributed by atoms with Crippen molar-refractivity contribution in [3.8, 4) is 0 Å². The van der Waals surface area contributed by atoms with Gasteiger partial charge in [0.15, 0.2) is 0 Å². The van der Waals surface area contributed by atoms with Crippen LogP contribution >= 0.6 is 12.6 Å². The highest BCUT2D eigenvalue weighted by atomic mass is 32.2. The van der Waals surface area contributed by atoms with Gasteiger partial charge in [0, 0.05) is 0 Å². The van der Waals surface area contributed by atoms with Crippen LogP contribution < -0.4 is 5.14 Å². The Hall–Kier alpha value is -0.650. The number of sulfonamides is 1. The molecule has 71 valence electrons. The predicted octanol–water partition coefficient (Wildman–Crippen LogP) is 1.51. The molecule has 1 radical (unpaired) electrons. The largest absolute Gasteiger partial charge is 0.239 e. The normalized spacial score (nSPS) is 11.6. The molecule has 0 bridgehead atoms. The summed E-state index contributed by atoms with van der Waals surface area (Å²) >= 11 is 4.89. The molecule has 3 nitrogen and oxygen atoms in total. The SMILES string of the molecule is Cc1cc([S])c(S(N)(=O)=O)cc1C. The van der Waals surface area contributed by atoms with Crippen molar-refractivity contribution in [2.24, 2.45) is 5.14 Å². The van der Waals surface area contributed by atoms with Crippen molar-refractivity contribution in [2.75, 3.05) is 0 Å². The molecule has 1 aromatic rings. The van der Waals surface area contributed by atoms with Crippen LogP contribution in [0.4, 0.5) is 0 Å². The Morgan fingerprint density at radius 1 is 1.23 bits per heavy atom. The topological polar surface area (TPSA) is 60.2 Å². The fourth-order valence-electron chi connectivity index (χ4n) is 0.986. The Bertz CT molecular complexity index is 438. The first-order valence-electron chi connectivity index (χ1n) is 3.63. The lowest BCUT2D eigenvalue weighted by Crippen LogP contribution is -2.13. The molecule has 0 aliphatic rings. The first-order chi connectivity index (χ1) is 5.82. The molecule has 0 heterocycles. The Kier molecular flexibility index (Phi) is 2.61. The molecule has 1 aromatic carbocycles. The van der Waals surface area contributed by atoms with Crippen molar-refractivity contribution < 1.29 is 8.42 Å². The van der Waals surface area contributed by atoms with Crippen LogP contribution in [0.1, 0.15) is 11.1 Å². The lowest BCUT2D eigenvalue weighted by Gasteiger charge is -2.05. The second kappa shape index (κ2) is 3.25. The van der Waals surface area contributed by atoms with E-state index in [9.17, 15) is 8.42 Å². The summed E-state index contributed by atoms with van der Waals surface area (Å²) in [6, 6.07) is 3.15. The van der Waals surface area contributed by atoms with Gasteiger partial charge in [0.1, 0.15) is 4.90 Å². The molecular formula is C8H10NO2S2. The maximum absolute atomic E-state index is 11.0. The minimum atomic E-state index is -3.68. The van der Waals surface area contributed by atoms with Gasteiger partial charge < -0.3 is 0 Å². The van der Waals surface area contributed by atoms with E-state index in [2.05, 4.69) is 0 Å². The molecule has 5 heteroatoms. The fourth-order valence-corrected chi connectivity index (χ4v) is 2.25. The monoisotopic (exact) mass is 216 g/mol. The van der Waals surface area contributed by atoms with E-state index in [0.29, 0.717) is 0 Å². The molecule has 0 amide bonds. The Balaban J connectivity index is 3.50. The van der Waals surface area contributed by atoms with E-state index < -0.39 is 10.0 Å². The van der Waals surface area contributed by atoms with E-state index in [1.54, 1.807) is 6.07 Å². The number of hydrogen-bond acceptors (Lipinski definition) is 2. The van der Waals surface area contributed by atoms with Gasteiger partial charge >= 0.3 is 0 Å². The molecule has 0 aliphatic carbocycles. The van der Waals surface area contributed by atoms with Crippen LogP contribution in [0.5, 0.6) is 0 Å². The predicted molar refractivity (Wildman–Crippen MR) is 53.1 cm³/mol. The molecule has 13 heavy (non-hydrogen) atoms. The van der Waals surface area contributed by atoms with Crippen LogP contribution in [0.3, 0.4) is 0 Å². The third kappa shape index (κ3) is 2.18. The number of aryl methyl sites for hydroxylation is 2. The standard InChI is InChI=1S/C8H10NO2S2/c1-5-3-7(12)8(4-6(5)2)13(9,10)11/h3-4H,1-2H3,(H2,9,10,11). The van der Waals surface area contributed by atoms with Gasteiger partial charge in [-0.1, -0.05) is 12.6 Å². The third-order valence-corrected chi connectivity index (χ3v) is 3.28. The molecule has 0 aliphatic heterocycles. The van der Waals surface area contributed by atoms with Gasteiger partial charge in [-0.15, -0.1) is 0 Å². The first-order valence-corrected chi connectivity index (χ1v) is 5.59. The second-order valence-electron chi connectivity index (χ2n) is 2.93. The Morgan fingerprint density at radius 3 is 2.15 bits per heavy atom. The number of benzene rings is 1. The van der Waals surface area contributed by atoms with E-state index in [1.807, 2.05) is 13.8 Å². The number of hydrogen-bond donors (Lipinski definition) is 1. The van der Waals surface area contributed by atoms with Crippen molar-refractivity contribution in [3.05, 3.63) is 23.3 Å². The summed E-state index contributed by atoms with van der Waals surface area (Å²) < 4.78 is 22.1. The van der Waals surface area contributed by atoms with Crippen LogP contribution in [0.15, 0.2) is 21.9 Å². The zero-order chi connectivity index (χ0) is 10.2. The van der Waals surface area contributed by atoms with Gasteiger partial charge in [-0.05, 0) is 37.1 Å². The van der Waals surface area contributed by atoms with Crippen LogP contribution in [-0.2, 0) is 10.0 Å². The zero-order valence-electron chi connectivity index (χ0n) is 7.37. The quantitative estimate of drug-likeness (QED) is 0.773. The molecular weight excluding hydrogens is 206 g/mol. The highest BCUT2D eigenvalue weighted by molar-refractivity contribution is 7.90. The number of nitrogens with two attached hydrogens (primary N) is 1. The molecule has 0 aromatic heterocycles. The molecule has 0 spiro atoms. The summed E-state index contributed by atoms with van der Waals surface area (Å²) in [4.78, 5) is 0.316. The number of primary sulfonamides is 1. The van der Waals surface area contributed by atoms with E-state index in [-0.39, 0.29) is 9.79 Å². The Morgan fingerprint density at radius 2 is 1.69 bits per heavy atom. The van der Waals surface area contributed by atoms with E-state index >= 15 is 0 Å². The van der Waals surface area contributed by atoms with E-state index in [1.165, 1.54) is 6.07 Å². The molecule has 0 saturated heterocycles. The van der Waals surface area contributed by atoms with E-state index in [4.69, 9.17) is 17.8 Å². The van der Waals surface area contributed by atoms with Crippen molar-refractivity contribution >= 4 is 22.7 Å². The van der Waals surface area contributed by atoms with Gasteiger partial charge in [0.25, 0.3) is 0 Å². The summed E-state index contributed by atoms with van der Waals surface area (Å²) in [5.41, 5.74) is 1.84. The van der Waals surface area contributed by atoms with Crippen LogP contribution in [0, 0.1) is 13.8 Å². The molecule has 0 fully saturated rings. The maximum atomic E-state index is 11.0. The molecule has 2 N–H and O–H groups in total. The fraction of sp³-hybridized carbons (Fsp3) is 0.250. The summed E-state index contributed by atoms with van der Waals surface area (Å²) in [5.74, 6) is 0. The number of rotatable bonds is 1. The smallest absolute Gasteiger partial charge is 0.225 e. The molecule has 0 saturated carbocycles. The minimum Gasteiger partial charge on any atom is -0.225 e. The Labute approximate surface area is 83.4 Å². The van der Waals surface area contributed by atoms with Crippen LogP contribution in [-0.4, -0.2) is 8.42 Å². The minimum absolute atomic E-state index is 0.0330. The van der Waals surface area contributed by atoms with Crippen molar-refractivity contribution in [1.29, 1.82) is 0 Å². The summed E-state index contributed by atoms with van der Waals surface area (Å²) in [7, 11) is -3.68. The lowest BCUT2D eigenvalue weighted by molar-refractivity contribution is 0.595. The van der Waals surface area contributed by atoms with E-state index in [0.717, 1.165) is 11.1 Å². The van der Waals surface area contributed by atoms with Crippen molar-refractivity contribution in [3.63, 3.8) is 0 Å². The maximum Gasteiger partial charge on any atom is 0.239 e. The highest BCUT2D eigenvalue weighted by Gasteiger charge is 2.13. The van der Waals surface area contributed by atoms with Crippen molar-refractivity contribution in [1.82, 2.24) is 0 Å². The van der Waals surface area contributed by atoms with Crippen molar-refractivity contribution in [2.45, 2.75) is 23.6 Å². The molecule has 1 rings (SSSR count). The highest BCUT2D eigenvalue weighted by Crippen LogP contribution is 2.22. The summed E-state index contributed by atoms with van der Waals surface area (Å²) in [5, 5.41) is 4.98. The van der Waals surface area contributed by atoms with Gasteiger partial charge in [0.05, 0.1) is 4.90 Å². The lowest BCUT2D eigenvalue weighted by atomic mass is 10.1. The van der Waals surface area contributed by atoms with Crippen LogP contribution in [0.2, 0.25) is 0 Å². The van der Waals surface area contributed by atoms with Gasteiger partial charge in [-0.2, -0.15) is 0 Å². The first kappa shape index (κ1) is 10.4. The average molecular weight is 216 g/mol.